The van der Waals surface area contributed by atoms with Crippen LogP contribution >= 0.6 is 0 Å². The molecule has 2 aromatic carbocycles. The highest BCUT2D eigenvalue weighted by Gasteiger charge is 2.09. The summed E-state index contributed by atoms with van der Waals surface area (Å²) < 4.78 is 10.8. The molecule has 0 saturated heterocycles. The van der Waals surface area contributed by atoms with Crippen LogP contribution in [0.2, 0.25) is 0 Å². The first kappa shape index (κ1) is 10.7. The summed E-state index contributed by atoms with van der Waals surface area (Å²) in [6, 6.07) is 13.0. The Balaban J connectivity index is 2.13. The first-order valence-electron chi connectivity index (χ1n) is 5.57. The zero-order valence-corrected chi connectivity index (χ0v) is 9.88. The first-order chi connectivity index (χ1) is 8.76. The smallest absolute Gasteiger partial charge is 0.227 e. The highest BCUT2D eigenvalue weighted by molar-refractivity contribution is 5.78. The molecule has 0 fully saturated rings. The molecule has 0 unspecified atom stereocenters. The van der Waals surface area contributed by atoms with Crippen molar-refractivity contribution in [3.8, 4) is 17.2 Å². The highest BCUT2D eigenvalue weighted by Crippen LogP contribution is 2.27. The van der Waals surface area contributed by atoms with Gasteiger partial charge in [0.1, 0.15) is 11.3 Å². The fraction of sp³-hybridized carbons (Fsp3) is 0.0714. The number of methoxy groups -OCH3 is 1. The number of nitrogens with zero attached hydrogens (tertiary/aromatic N) is 1. The lowest BCUT2D eigenvalue weighted by molar-refractivity contribution is 0.415. The summed E-state index contributed by atoms with van der Waals surface area (Å²) in [7, 11) is 1.63. The molecule has 18 heavy (non-hydrogen) atoms. The third-order valence-corrected chi connectivity index (χ3v) is 2.73. The molecule has 0 aliphatic carbocycles. The zero-order chi connectivity index (χ0) is 12.5. The summed E-state index contributed by atoms with van der Waals surface area (Å²) in [5.41, 5.74) is 8.80. The topological polar surface area (TPSA) is 61.3 Å². The lowest BCUT2D eigenvalue weighted by atomic mass is 10.2. The standard InChI is InChI=1S/C14H12N2O2/c1-17-11-5-6-13-12(8-11)16-14(18-13)9-3-2-4-10(15)7-9/h2-8H,15H2,1H3. The van der Waals surface area contributed by atoms with Gasteiger partial charge in [0.25, 0.3) is 0 Å². The van der Waals surface area contributed by atoms with Crippen LogP contribution in [0.1, 0.15) is 0 Å². The predicted molar refractivity (Wildman–Crippen MR) is 70.4 cm³/mol. The molecule has 0 aliphatic heterocycles. The van der Waals surface area contributed by atoms with Crippen LogP contribution in [0.15, 0.2) is 46.9 Å². The number of ether oxygens (including phenoxy) is 1. The molecule has 3 aromatic rings. The number of rotatable bonds is 2. The van der Waals surface area contributed by atoms with Gasteiger partial charge in [0, 0.05) is 17.3 Å². The largest absolute Gasteiger partial charge is 0.497 e. The Labute approximate surface area is 104 Å². The third kappa shape index (κ3) is 1.78. The van der Waals surface area contributed by atoms with Gasteiger partial charge in [0.15, 0.2) is 5.58 Å². The molecule has 4 heteroatoms. The maximum atomic E-state index is 5.75. The van der Waals surface area contributed by atoms with E-state index in [9.17, 15) is 0 Å². The zero-order valence-electron chi connectivity index (χ0n) is 9.88. The van der Waals surface area contributed by atoms with E-state index in [2.05, 4.69) is 4.98 Å². The van der Waals surface area contributed by atoms with Gasteiger partial charge in [-0.05, 0) is 30.3 Å². The van der Waals surface area contributed by atoms with Gasteiger partial charge in [0.05, 0.1) is 7.11 Å². The molecule has 0 amide bonds. The van der Waals surface area contributed by atoms with E-state index in [4.69, 9.17) is 14.9 Å². The number of aromatic nitrogens is 1. The van der Waals surface area contributed by atoms with Gasteiger partial charge >= 0.3 is 0 Å². The quantitative estimate of drug-likeness (QED) is 0.699. The molecule has 3 rings (SSSR count). The Kier molecular flexibility index (Phi) is 2.41. The second kappa shape index (κ2) is 4.07. The molecule has 1 heterocycles. The Morgan fingerprint density at radius 2 is 2.06 bits per heavy atom. The van der Waals surface area contributed by atoms with Crippen LogP contribution in [-0.2, 0) is 0 Å². The van der Waals surface area contributed by atoms with E-state index >= 15 is 0 Å². The van der Waals surface area contributed by atoms with E-state index in [-0.39, 0.29) is 0 Å². The Bertz CT molecular complexity index is 704. The summed E-state index contributed by atoms with van der Waals surface area (Å²) in [4.78, 5) is 4.43. The third-order valence-electron chi connectivity index (χ3n) is 2.73. The van der Waals surface area contributed by atoms with Crippen LogP contribution in [0.5, 0.6) is 5.75 Å². The maximum Gasteiger partial charge on any atom is 0.227 e. The molecule has 0 bridgehead atoms. The first-order valence-corrected chi connectivity index (χ1v) is 5.57. The van der Waals surface area contributed by atoms with Crippen molar-refractivity contribution in [2.45, 2.75) is 0 Å². The van der Waals surface area contributed by atoms with Gasteiger partial charge in [-0.2, -0.15) is 0 Å². The van der Waals surface area contributed by atoms with Gasteiger partial charge in [-0.15, -0.1) is 0 Å². The minimum absolute atomic E-state index is 0.561. The molecule has 0 spiro atoms. The number of nitrogen functional groups attached to an aromatic ring is 1. The van der Waals surface area contributed by atoms with E-state index in [1.807, 2.05) is 42.5 Å². The lowest BCUT2D eigenvalue weighted by Gasteiger charge is -1.96. The Morgan fingerprint density at radius 3 is 2.83 bits per heavy atom. The fourth-order valence-electron chi connectivity index (χ4n) is 1.83. The number of benzene rings is 2. The van der Waals surface area contributed by atoms with Crippen molar-refractivity contribution in [3.63, 3.8) is 0 Å². The average molecular weight is 240 g/mol. The van der Waals surface area contributed by atoms with Gasteiger partial charge in [-0.3, -0.25) is 0 Å². The predicted octanol–water partition coefficient (Wildman–Crippen LogP) is 3.09. The van der Waals surface area contributed by atoms with Crippen LogP contribution in [0.25, 0.3) is 22.6 Å². The molecule has 90 valence electrons. The number of hydrogen-bond donors (Lipinski definition) is 1. The van der Waals surface area contributed by atoms with E-state index in [0.29, 0.717) is 11.6 Å². The molecule has 2 N–H and O–H groups in total. The van der Waals surface area contributed by atoms with E-state index in [1.165, 1.54) is 0 Å². The minimum atomic E-state index is 0.561. The van der Waals surface area contributed by atoms with Gasteiger partial charge < -0.3 is 14.9 Å². The summed E-state index contributed by atoms with van der Waals surface area (Å²) in [5, 5.41) is 0. The monoisotopic (exact) mass is 240 g/mol. The van der Waals surface area contributed by atoms with E-state index < -0.39 is 0 Å². The average Bonchev–Trinajstić information content (AvgIpc) is 2.81. The molecule has 0 radical (unpaired) electrons. The molecule has 0 saturated carbocycles. The van der Waals surface area contributed by atoms with Crippen molar-refractivity contribution in [1.82, 2.24) is 4.98 Å². The van der Waals surface area contributed by atoms with Crippen molar-refractivity contribution in [3.05, 3.63) is 42.5 Å². The van der Waals surface area contributed by atoms with Crippen LogP contribution < -0.4 is 10.5 Å². The van der Waals surface area contributed by atoms with Crippen molar-refractivity contribution < 1.29 is 9.15 Å². The summed E-state index contributed by atoms with van der Waals surface area (Å²) in [5.74, 6) is 1.32. The van der Waals surface area contributed by atoms with Gasteiger partial charge in [-0.1, -0.05) is 6.07 Å². The van der Waals surface area contributed by atoms with Crippen molar-refractivity contribution in [2.75, 3.05) is 12.8 Å². The van der Waals surface area contributed by atoms with Crippen LogP contribution in [0.3, 0.4) is 0 Å². The summed E-state index contributed by atoms with van der Waals surface area (Å²) in [6.45, 7) is 0. The Morgan fingerprint density at radius 1 is 1.17 bits per heavy atom. The number of oxazole rings is 1. The second-order valence-electron chi connectivity index (χ2n) is 3.98. The van der Waals surface area contributed by atoms with Crippen LogP contribution in [0, 0.1) is 0 Å². The highest BCUT2D eigenvalue weighted by atomic mass is 16.5. The van der Waals surface area contributed by atoms with Crippen molar-refractivity contribution in [1.29, 1.82) is 0 Å². The number of nitrogens with two attached hydrogens (primary N) is 1. The molecule has 0 aliphatic rings. The molecular weight excluding hydrogens is 228 g/mol. The van der Waals surface area contributed by atoms with E-state index in [0.717, 1.165) is 22.4 Å². The number of anilines is 1. The van der Waals surface area contributed by atoms with Gasteiger partial charge in [0.2, 0.25) is 5.89 Å². The molecule has 4 nitrogen and oxygen atoms in total. The van der Waals surface area contributed by atoms with E-state index in [1.54, 1.807) is 7.11 Å². The molecule has 1 aromatic heterocycles. The summed E-state index contributed by atoms with van der Waals surface area (Å²) >= 11 is 0. The van der Waals surface area contributed by atoms with Crippen LogP contribution in [-0.4, -0.2) is 12.1 Å². The van der Waals surface area contributed by atoms with Crippen molar-refractivity contribution >= 4 is 16.8 Å². The Hall–Kier alpha value is -2.49. The summed E-state index contributed by atoms with van der Waals surface area (Å²) in [6.07, 6.45) is 0. The minimum Gasteiger partial charge on any atom is -0.497 e. The lowest BCUT2D eigenvalue weighted by Crippen LogP contribution is -1.84. The normalized spacial score (nSPS) is 10.7. The molecular formula is C14H12N2O2. The number of fused-ring (bicyclic) bond motifs is 1. The van der Waals surface area contributed by atoms with Crippen LogP contribution in [0.4, 0.5) is 5.69 Å². The van der Waals surface area contributed by atoms with Gasteiger partial charge in [-0.25, -0.2) is 4.98 Å². The fourth-order valence-corrected chi connectivity index (χ4v) is 1.83. The van der Waals surface area contributed by atoms with Crippen molar-refractivity contribution in [2.24, 2.45) is 0 Å². The molecule has 0 atom stereocenters. The maximum absolute atomic E-state index is 5.75. The second-order valence-corrected chi connectivity index (χ2v) is 3.98. The number of hydrogen-bond acceptors (Lipinski definition) is 4. The SMILES string of the molecule is COc1ccc2oc(-c3cccc(N)c3)nc2c1.